The molecule has 0 aromatic heterocycles. The van der Waals surface area contributed by atoms with E-state index in [0.29, 0.717) is 0 Å². The highest BCUT2D eigenvalue weighted by Crippen LogP contribution is 2.34. The van der Waals surface area contributed by atoms with Crippen LogP contribution < -0.4 is 5.32 Å². The minimum Gasteiger partial charge on any atom is -0.385 e. The average Bonchev–Trinajstić information content (AvgIpc) is 2.55. The third kappa shape index (κ3) is 4.47. The molecule has 25 heavy (non-hydrogen) atoms. The molecule has 0 radical (unpaired) electrons. The predicted molar refractivity (Wildman–Crippen MR) is 92.7 cm³/mol. The summed E-state index contributed by atoms with van der Waals surface area (Å²) in [5.74, 6) is 0. The van der Waals surface area contributed by atoms with E-state index < -0.39 is 31.8 Å². The molecule has 0 saturated heterocycles. The molecule has 0 spiro atoms. The molecule has 10 nitrogen and oxygen atoms in total. The van der Waals surface area contributed by atoms with Gasteiger partial charge in [0.25, 0.3) is 17.1 Å². The van der Waals surface area contributed by atoms with Gasteiger partial charge in [-0.3, -0.25) is 30.3 Å². The Labute approximate surface area is 149 Å². The minimum absolute atomic E-state index is 0.0410. The summed E-state index contributed by atoms with van der Waals surface area (Å²) in [5.41, 5.74) is -1.40. The predicted octanol–water partition coefficient (Wildman–Crippen LogP) is 3.83. The summed E-state index contributed by atoms with van der Waals surface area (Å²) in [7, 11) is 0. The second-order valence-electron chi connectivity index (χ2n) is 4.92. The lowest BCUT2D eigenvalue weighted by Gasteiger charge is -2.08. The number of nitrogens with zero attached hydrogens (tertiary/aromatic N) is 3. The van der Waals surface area contributed by atoms with Crippen LogP contribution in [0, 0.1) is 30.3 Å². The quantitative estimate of drug-likeness (QED) is 0.539. The number of anilines is 1. The fourth-order valence-electron chi connectivity index (χ4n) is 2.21. The van der Waals surface area contributed by atoms with E-state index >= 15 is 0 Å². The fourth-order valence-corrected chi connectivity index (χ4v) is 2.48. The van der Waals surface area contributed by atoms with E-state index in [2.05, 4.69) is 21.2 Å². The number of nitrogens with one attached hydrogen (secondary N) is 1. The molecule has 0 atom stereocenters. The van der Waals surface area contributed by atoms with Gasteiger partial charge >= 0.3 is 0 Å². The van der Waals surface area contributed by atoms with Crippen molar-refractivity contribution in [2.24, 2.45) is 0 Å². The van der Waals surface area contributed by atoms with Gasteiger partial charge in [0.05, 0.1) is 26.9 Å². The molecule has 11 heteroatoms. The number of non-ortho nitro benzene ring substituents is 1. The smallest absolute Gasteiger partial charge is 0.286 e. The van der Waals surface area contributed by atoms with E-state index in [9.17, 15) is 30.3 Å². The summed E-state index contributed by atoms with van der Waals surface area (Å²) in [6, 6.07) is 8.59. The summed E-state index contributed by atoms with van der Waals surface area (Å²) in [6.07, 6.45) is -0.0410. The van der Waals surface area contributed by atoms with Crippen LogP contribution in [0.25, 0.3) is 0 Å². The molecule has 0 amide bonds. The van der Waals surface area contributed by atoms with Gasteiger partial charge in [-0.15, -0.1) is 0 Å². The van der Waals surface area contributed by atoms with Crippen LogP contribution in [0.5, 0.6) is 0 Å². The molecule has 0 bridgehead atoms. The van der Waals surface area contributed by atoms with Crippen molar-refractivity contribution in [3.63, 3.8) is 0 Å². The van der Waals surface area contributed by atoms with Gasteiger partial charge in [-0.2, -0.15) is 0 Å². The zero-order chi connectivity index (χ0) is 18.6. The van der Waals surface area contributed by atoms with Crippen LogP contribution >= 0.6 is 15.9 Å². The third-order valence-corrected chi connectivity index (χ3v) is 3.87. The maximum absolute atomic E-state index is 11.2. The first-order valence-corrected chi connectivity index (χ1v) is 7.68. The third-order valence-electron chi connectivity index (χ3n) is 3.34. The van der Waals surface area contributed by atoms with E-state index in [4.69, 9.17) is 0 Å². The Bertz CT molecular complexity index is 805. The first kappa shape index (κ1) is 18.3. The lowest BCUT2D eigenvalue weighted by molar-refractivity contribution is -0.404. The normalized spacial score (nSPS) is 10.3. The molecule has 0 aliphatic heterocycles. The number of rotatable bonds is 7. The van der Waals surface area contributed by atoms with Gasteiger partial charge < -0.3 is 5.32 Å². The molecule has 130 valence electrons. The van der Waals surface area contributed by atoms with Crippen molar-refractivity contribution < 1.29 is 14.8 Å². The second-order valence-corrected chi connectivity index (χ2v) is 5.83. The highest BCUT2D eigenvalue weighted by Gasteiger charge is 2.29. The number of nitro groups is 3. The Hall–Kier alpha value is -3.08. The lowest BCUT2D eigenvalue weighted by atomic mass is 10.1. The van der Waals surface area contributed by atoms with Crippen molar-refractivity contribution in [2.75, 3.05) is 11.9 Å². The Morgan fingerprint density at radius 1 is 0.880 bits per heavy atom. The summed E-state index contributed by atoms with van der Waals surface area (Å²) in [6.45, 7) is 0.182. The standard InChI is InChI=1S/C14H11BrN4O6/c15-9-1-3-10(4-2-9)16-6-5-12-13(18(22)23)7-11(17(20)21)8-14(12)19(24)25/h1-4,7-8,16H,5-6H2. The van der Waals surface area contributed by atoms with Crippen molar-refractivity contribution >= 4 is 38.7 Å². The largest absolute Gasteiger partial charge is 0.385 e. The van der Waals surface area contributed by atoms with Gasteiger partial charge in [-0.1, -0.05) is 15.9 Å². The molecular weight excluding hydrogens is 400 g/mol. The fraction of sp³-hybridized carbons (Fsp3) is 0.143. The van der Waals surface area contributed by atoms with Crippen LogP contribution in [0.4, 0.5) is 22.7 Å². The molecule has 0 heterocycles. The van der Waals surface area contributed by atoms with Crippen molar-refractivity contribution in [1.29, 1.82) is 0 Å². The van der Waals surface area contributed by atoms with Gasteiger partial charge in [0.15, 0.2) is 0 Å². The van der Waals surface area contributed by atoms with Crippen LogP contribution in [0.3, 0.4) is 0 Å². The van der Waals surface area contributed by atoms with Crippen LogP contribution in [-0.2, 0) is 6.42 Å². The first-order chi connectivity index (χ1) is 11.8. The van der Waals surface area contributed by atoms with Crippen LogP contribution in [-0.4, -0.2) is 21.3 Å². The number of benzene rings is 2. The lowest BCUT2D eigenvalue weighted by Crippen LogP contribution is -2.09. The molecule has 1 N–H and O–H groups in total. The molecule has 0 aliphatic rings. The topological polar surface area (TPSA) is 141 Å². The van der Waals surface area contributed by atoms with E-state index in [-0.39, 0.29) is 18.5 Å². The van der Waals surface area contributed by atoms with Crippen molar-refractivity contribution in [3.8, 4) is 0 Å². The van der Waals surface area contributed by atoms with E-state index in [1.165, 1.54) is 0 Å². The number of halogens is 1. The highest BCUT2D eigenvalue weighted by atomic mass is 79.9. The SMILES string of the molecule is O=[N+]([O-])c1cc([N+](=O)[O-])c(CCNc2ccc(Br)cc2)c([N+](=O)[O-])c1. The van der Waals surface area contributed by atoms with E-state index in [1.807, 2.05) is 0 Å². The van der Waals surface area contributed by atoms with Gasteiger partial charge in [0.2, 0.25) is 0 Å². The monoisotopic (exact) mass is 410 g/mol. The molecule has 2 rings (SSSR count). The Morgan fingerprint density at radius 2 is 1.40 bits per heavy atom. The molecule has 0 saturated carbocycles. The Morgan fingerprint density at radius 3 is 1.84 bits per heavy atom. The van der Waals surface area contributed by atoms with Gasteiger partial charge in [0.1, 0.15) is 5.56 Å². The molecule has 2 aromatic carbocycles. The van der Waals surface area contributed by atoms with Crippen LogP contribution in [0.2, 0.25) is 0 Å². The minimum atomic E-state index is -0.899. The number of nitro benzene ring substituents is 3. The summed E-state index contributed by atoms with van der Waals surface area (Å²) in [5, 5.41) is 36.2. The number of hydrogen-bond acceptors (Lipinski definition) is 7. The molecular formula is C14H11BrN4O6. The van der Waals surface area contributed by atoms with E-state index in [0.717, 1.165) is 22.3 Å². The zero-order valence-corrected chi connectivity index (χ0v) is 14.1. The second kappa shape index (κ2) is 7.66. The maximum atomic E-state index is 11.2. The summed E-state index contributed by atoms with van der Waals surface area (Å²) < 4.78 is 0.875. The molecule has 0 fully saturated rings. The summed E-state index contributed by atoms with van der Waals surface area (Å²) >= 11 is 3.29. The summed E-state index contributed by atoms with van der Waals surface area (Å²) in [4.78, 5) is 30.6. The molecule has 0 unspecified atom stereocenters. The van der Waals surface area contributed by atoms with Gasteiger partial charge in [-0.25, -0.2) is 0 Å². The van der Waals surface area contributed by atoms with Gasteiger partial charge in [0, 0.05) is 23.1 Å². The van der Waals surface area contributed by atoms with Crippen molar-refractivity contribution in [3.05, 3.63) is 76.8 Å². The van der Waals surface area contributed by atoms with Crippen LogP contribution in [0.1, 0.15) is 5.56 Å². The van der Waals surface area contributed by atoms with E-state index in [1.54, 1.807) is 24.3 Å². The average molecular weight is 411 g/mol. The number of hydrogen-bond donors (Lipinski definition) is 1. The van der Waals surface area contributed by atoms with Crippen LogP contribution in [0.15, 0.2) is 40.9 Å². The molecule has 2 aromatic rings. The first-order valence-electron chi connectivity index (χ1n) is 6.89. The zero-order valence-electron chi connectivity index (χ0n) is 12.5. The highest BCUT2D eigenvalue weighted by molar-refractivity contribution is 9.10. The van der Waals surface area contributed by atoms with Crippen molar-refractivity contribution in [1.82, 2.24) is 0 Å². The molecule has 0 aliphatic carbocycles. The van der Waals surface area contributed by atoms with Gasteiger partial charge in [-0.05, 0) is 24.3 Å². The maximum Gasteiger partial charge on any atom is 0.286 e. The Kier molecular flexibility index (Phi) is 5.60. The Balaban J connectivity index is 2.31. The van der Waals surface area contributed by atoms with Crippen molar-refractivity contribution in [2.45, 2.75) is 6.42 Å².